The molecule has 0 saturated heterocycles. The first kappa shape index (κ1) is 22.3. The molecule has 1 unspecified atom stereocenters. The van der Waals surface area contributed by atoms with Crippen LogP contribution in [0, 0.1) is 6.92 Å². The molecule has 5 rings (SSSR count). The Bertz CT molecular complexity index is 1360. The molecule has 1 aliphatic rings. The number of nitrogens with one attached hydrogen (secondary N) is 1. The second kappa shape index (κ2) is 9.41. The Labute approximate surface area is 209 Å². The van der Waals surface area contributed by atoms with Crippen LogP contribution in [0.4, 0.5) is 0 Å². The molecule has 0 aliphatic carbocycles. The molecule has 0 spiro atoms. The van der Waals surface area contributed by atoms with Crippen LogP contribution in [0.5, 0.6) is 0 Å². The third kappa shape index (κ3) is 4.34. The normalized spacial score (nSPS) is 16.0. The van der Waals surface area contributed by atoms with Gasteiger partial charge in [0, 0.05) is 16.3 Å². The first-order valence-corrected chi connectivity index (χ1v) is 11.8. The lowest BCUT2D eigenvalue weighted by molar-refractivity contribution is 0.396. The van der Waals surface area contributed by atoms with Gasteiger partial charge in [0.05, 0.1) is 18.2 Å². The molecule has 170 valence electrons. The number of aryl methyl sites for hydroxylation is 1. The van der Waals surface area contributed by atoms with E-state index in [2.05, 4.69) is 41.7 Å². The summed E-state index contributed by atoms with van der Waals surface area (Å²) in [6, 6.07) is 25.7. The summed E-state index contributed by atoms with van der Waals surface area (Å²) in [4.78, 5) is 6.79. The fourth-order valence-electron chi connectivity index (χ4n) is 4.09. The summed E-state index contributed by atoms with van der Waals surface area (Å²) in [7, 11) is 0. The van der Waals surface area contributed by atoms with Crippen LogP contribution in [0.25, 0.3) is 17.0 Å². The molecule has 0 saturated carbocycles. The Morgan fingerprint density at radius 1 is 0.971 bits per heavy atom. The minimum atomic E-state index is -0.223. The number of rotatable bonds is 5. The van der Waals surface area contributed by atoms with Crippen LogP contribution in [0.15, 0.2) is 89.1 Å². The van der Waals surface area contributed by atoms with Crippen LogP contribution in [-0.4, -0.2) is 20.2 Å². The van der Waals surface area contributed by atoms with Crippen molar-refractivity contribution in [1.29, 1.82) is 0 Å². The van der Waals surface area contributed by atoms with Gasteiger partial charge in [-0.25, -0.2) is 0 Å². The number of hydrogen-bond donors (Lipinski definition) is 1. The third-order valence-electron chi connectivity index (χ3n) is 5.98. The van der Waals surface area contributed by atoms with Crippen molar-refractivity contribution < 1.29 is 4.52 Å². The minimum Gasteiger partial charge on any atom is -0.351 e. The number of thiocarbonyl (C=S) groups is 1. The Kier molecular flexibility index (Phi) is 6.18. The molecule has 2 heterocycles. The van der Waals surface area contributed by atoms with Crippen molar-refractivity contribution in [2.45, 2.75) is 26.4 Å². The van der Waals surface area contributed by atoms with E-state index in [1.807, 2.05) is 66.4 Å². The Morgan fingerprint density at radius 2 is 1.68 bits per heavy atom. The fraction of sp³-hybridized carbons (Fsp3) is 0.148. The average molecular weight is 487 g/mol. The first-order valence-electron chi connectivity index (χ1n) is 11.0. The quantitative estimate of drug-likeness (QED) is 0.322. The largest absolute Gasteiger partial charge is 0.351 e. The second-order valence-electron chi connectivity index (χ2n) is 8.26. The van der Waals surface area contributed by atoms with Crippen LogP contribution in [-0.2, 0) is 6.54 Å². The van der Waals surface area contributed by atoms with Crippen molar-refractivity contribution in [3.05, 3.63) is 112 Å². The van der Waals surface area contributed by atoms with E-state index >= 15 is 0 Å². The van der Waals surface area contributed by atoms with E-state index < -0.39 is 0 Å². The van der Waals surface area contributed by atoms with E-state index in [4.69, 9.17) is 33.3 Å². The Morgan fingerprint density at radius 3 is 2.41 bits per heavy atom. The topological polar surface area (TPSA) is 54.2 Å². The minimum absolute atomic E-state index is 0.223. The highest BCUT2D eigenvalue weighted by Crippen LogP contribution is 2.38. The van der Waals surface area contributed by atoms with E-state index in [9.17, 15) is 0 Å². The van der Waals surface area contributed by atoms with Crippen molar-refractivity contribution in [2.75, 3.05) is 0 Å². The predicted molar refractivity (Wildman–Crippen MR) is 139 cm³/mol. The molecule has 4 aromatic rings. The number of aromatic nitrogens is 2. The zero-order valence-electron chi connectivity index (χ0n) is 18.8. The molecule has 1 N–H and O–H groups in total. The fourth-order valence-corrected chi connectivity index (χ4v) is 4.61. The van der Waals surface area contributed by atoms with Crippen LogP contribution in [0.2, 0.25) is 5.02 Å². The van der Waals surface area contributed by atoms with Crippen LogP contribution >= 0.6 is 23.8 Å². The molecule has 0 amide bonds. The summed E-state index contributed by atoms with van der Waals surface area (Å²) in [5.41, 5.74) is 5.97. The zero-order chi connectivity index (χ0) is 23.7. The van der Waals surface area contributed by atoms with Gasteiger partial charge in [-0.15, -0.1) is 0 Å². The maximum Gasteiger partial charge on any atom is 0.258 e. The van der Waals surface area contributed by atoms with Gasteiger partial charge >= 0.3 is 0 Å². The van der Waals surface area contributed by atoms with Crippen LogP contribution in [0.1, 0.15) is 35.5 Å². The lowest BCUT2D eigenvalue weighted by Gasteiger charge is -2.37. The lowest BCUT2D eigenvalue weighted by Crippen LogP contribution is -2.45. The molecule has 3 aromatic carbocycles. The molecular formula is C27H23ClN4OS. The van der Waals surface area contributed by atoms with Crippen molar-refractivity contribution in [2.24, 2.45) is 0 Å². The SMILES string of the molecule is CC1=C(c2nc(-c3ccccc3)no2)C(c2ccc(C)cc2)NC(=S)N1Cc1ccccc1Cl. The molecule has 1 atom stereocenters. The maximum atomic E-state index is 6.46. The molecule has 5 nitrogen and oxygen atoms in total. The lowest BCUT2D eigenvalue weighted by atomic mass is 9.94. The van der Waals surface area contributed by atoms with Crippen molar-refractivity contribution in [3.63, 3.8) is 0 Å². The molecule has 0 radical (unpaired) electrons. The molecule has 0 bridgehead atoms. The van der Waals surface area contributed by atoms with Crippen LogP contribution in [0.3, 0.4) is 0 Å². The molecule has 34 heavy (non-hydrogen) atoms. The number of benzene rings is 3. The van der Waals surface area contributed by atoms with E-state index in [1.54, 1.807) is 0 Å². The third-order valence-corrected chi connectivity index (χ3v) is 6.69. The van der Waals surface area contributed by atoms with E-state index in [1.165, 1.54) is 5.56 Å². The van der Waals surface area contributed by atoms with E-state index in [-0.39, 0.29) is 6.04 Å². The summed E-state index contributed by atoms with van der Waals surface area (Å²) >= 11 is 12.3. The van der Waals surface area contributed by atoms with Gasteiger partial charge < -0.3 is 14.7 Å². The molecule has 0 fully saturated rings. The summed E-state index contributed by atoms with van der Waals surface area (Å²) in [5.74, 6) is 1.01. The summed E-state index contributed by atoms with van der Waals surface area (Å²) in [5, 5.41) is 9.08. The van der Waals surface area contributed by atoms with E-state index in [0.717, 1.165) is 28.0 Å². The standard InChI is InChI=1S/C27H23ClN4OS/c1-17-12-14-19(15-13-17)24-23(26-30-25(31-33-26)20-8-4-3-5-9-20)18(2)32(27(34)29-24)16-21-10-6-7-11-22(21)28/h3-15,24H,16H2,1-2H3,(H,29,34). The van der Waals surface area contributed by atoms with Gasteiger partial charge in [-0.3, -0.25) is 0 Å². The number of nitrogens with zero attached hydrogens (tertiary/aromatic N) is 3. The van der Waals surface area contributed by atoms with Crippen LogP contribution < -0.4 is 5.32 Å². The molecule has 1 aromatic heterocycles. The predicted octanol–water partition coefficient (Wildman–Crippen LogP) is 6.56. The highest BCUT2D eigenvalue weighted by Gasteiger charge is 2.34. The van der Waals surface area contributed by atoms with Gasteiger partial charge in [-0.2, -0.15) is 4.98 Å². The zero-order valence-corrected chi connectivity index (χ0v) is 20.4. The van der Waals surface area contributed by atoms with Gasteiger partial charge in [0.15, 0.2) is 5.11 Å². The summed E-state index contributed by atoms with van der Waals surface area (Å²) in [6.07, 6.45) is 0. The average Bonchev–Trinajstić information content (AvgIpc) is 3.33. The molecule has 1 aliphatic heterocycles. The second-order valence-corrected chi connectivity index (χ2v) is 9.05. The van der Waals surface area contributed by atoms with E-state index in [0.29, 0.717) is 28.4 Å². The maximum absolute atomic E-state index is 6.46. The van der Waals surface area contributed by atoms with Crippen molar-refractivity contribution in [3.8, 4) is 11.4 Å². The van der Waals surface area contributed by atoms with Gasteiger partial charge in [0.1, 0.15) is 0 Å². The van der Waals surface area contributed by atoms with Crippen molar-refractivity contribution in [1.82, 2.24) is 20.4 Å². The summed E-state index contributed by atoms with van der Waals surface area (Å²) < 4.78 is 5.81. The monoisotopic (exact) mass is 486 g/mol. The first-order chi connectivity index (χ1) is 16.5. The Hall–Kier alpha value is -3.48. The van der Waals surface area contributed by atoms with Gasteiger partial charge in [0.25, 0.3) is 5.89 Å². The number of allylic oxidation sites excluding steroid dienone is 1. The van der Waals surface area contributed by atoms with Gasteiger partial charge in [0.2, 0.25) is 5.82 Å². The molecular weight excluding hydrogens is 464 g/mol. The van der Waals surface area contributed by atoms with Crippen molar-refractivity contribution >= 4 is 34.5 Å². The summed E-state index contributed by atoms with van der Waals surface area (Å²) in [6.45, 7) is 4.63. The number of hydrogen-bond acceptors (Lipinski definition) is 4. The smallest absolute Gasteiger partial charge is 0.258 e. The Balaban J connectivity index is 1.61. The highest BCUT2D eigenvalue weighted by atomic mass is 35.5. The van der Waals surface area contributed by atoms with Gasteiger partial charge in [-0.1, -0.05) is 95.1 Å². The number of halogens is 1. The molecule has 7 heteroatoms. The highest BCUT2D eigenvalue weighted by molar-refractivity contribution is 7.80. The van der Waals surface area contributed by atoms with Gasteiger partial charge in [-0.05, 0) is 43.3 Å².